The van der Waals surface area contributed by atoms with Crippen molar-refractivity contribution in [2.24, 2.45) is 5.73 Å². The second-order valence-electron chi connectivity index (χ2n) is 5.97. The number of piperidine rings is 1. The topological polar surface area (TPSA) is 46.3 Å². The summed E-state index contributed by atoms with van der Waals surface area (Å²) in [6, 6.07) is 0.322. The average molecular weight is 212 g/mol. The fourth-order valence-electron chi connectivity index (χ4n) is 3.32. The maximum absolute atomic E-state index is 11.7. The monoisotopic (exact) mass is 212 g/mol. The molecule has 0 aromatic carbocycles. The summed E-state index contributed by atoms with van der Waals surface area (Å²) in [6.07, 6.45) is 1.28. The van der Waals surface area contributed by atoms with Gasteiger partial charge in [-0.1, -0.05) is 0 Å². The van der Waals surface area contributed by atoms with Crippen molar-refractivity contribution in [2.45, 2.75) is 64.6 Å². The number of rotatable bonds is 2. The molecule has 0 aromatic rings. The van der Waals surface area contributed by atoms with Crippen LogP contribution in [0, 0.1) is 0 Å². The highest BCUT2D eigenvalue weighted by atomic mass is 16.1. The van der Waals surface area contributed by atoms with Crippen LogP contribution in [0.25, 0.3) is 0 Å². The van der Waals surface area contributed by atoms with Crippen molar-refractivity contribution in [1.82, 2.24) is 4.90 Å². The molecule has 0 radical (unpaired) electrons. The second-order valence-corrected chi connectivity index (χ2v) is 5.97. The first kappa shape index (κ1) is 12.7. The van der Waals surface area contributed by atoms with Crippen molar-refractivity contribution < 1.29 is 4.79 Å². The Kier molecular flexibility index (Phi) is 3.27. The molecule has 1 saturated heterocycles. The molecule has 1 heterocycles. The summed E-state index contributed by atoms with van der Waals surface area (Å²) in [5.41, 5.74) is 5.61. The van der Waals surface area contributed by atoms with E-state index in [4.69, 9.17) is 5.73 Å². The van der Waals surface area contributed by atoms with Gasteiger partial charge in [0, 0.05) is 36.5 Å². The van der Waals surface area contributed by atoms with Crippen LogP contribution >= 0.6 is 0 Å². The molecule has 1 aliphatic heterocycles. The summed E-state index contributed by atoms with van der Waals surface area (Å²) in [5, 5.41) is 0. The van der Waals surface area contributed by atoms with Gasteiger partial charge in [-0.2, -0.15) is 0 Å². The quantitative estimate of drug-likeness (QED) is 0.755. The predicted octanol–water partition coefficient (Wildman–Crippen LogP) is 1.56. The summed E-state index contributed by atoms with van der Waals surface area (Å²) in [4.78, 5) is 14.1. The van der Waals surface area contributed by atoms with Gasteiger partial charge in [-0.15, -0.1) is 0 Å². The number of ketones is 1. The fourth-order valence-corrected chi connectivity index (χ4v) is 3.32. The largest absolute Gasteiger partial charge is 0.329 e. The molecule has 0 amide bonds. The molecular weight excluding hydrogens is 188 g/mol. The van der Waals surface area contributed by atoms with Crippen LogP contribution in [-0.4, -0.2) is 34.3 Å². The molecule has 0 aliphatic carbocycles. The highest BCUT2D eigenvalue weighted by Crippen LogP contribution is 2.37. The minimum absolute atomic E-state index is 0.0718. The molecule has 1 atom stereocenters. The predicted molar refractivity (Wildman–Crippen MR) is 62.8 cm³/mol. The number of hydrogen-bond donors (Lipinski definition) is 1. The SMILES string of the molecule is CC(CN)N1C(C)(C)CC(=O)CC1(C)C. The van der Waals surface area contributed by atoms with Gasteiger partial charge in [0.05, 0.1) is 0 Å². The zero-order chi connectivity index (χ0) is 11.9. The van der Waals surface area contributed by atoms with Gasteiger partial charge in [0.25, 0.3) is 0 Å². The van der Waals surface area contributed by atoms with Crippen molar-refractivity contribution in [3.05, 3.63) is 0 Å². The highest BCUT2D eigenvalue weighted by molar-refractivity contribution is 5.81. The minimum Gasteiger partial charge on any atom is -0.329 e. The van der Waals surface area contributed by atoms with Crippen molar-refractivity contribution in [3.63, 3.8) is 0 Å². The first-order valence-electron chi connectivity index (χ1n) is 5.72. The normalized spacial score (nSPS) is 27.7. The molecule has 2 N–H and O–H groups in total. The number of hydrogen-bond acceptors (Lipinski definition) is 3. The molecule has 0 saturated carbocycles. The van der Waals surface area contributed by atoms with E-state index in [1.165, 1.54) is 0 Å². The Morgan fingerprint density at radius 1 is 1.27 bits per heavy atom. The molecule has 3 heteroatoms. The minimum atomic E-state index is -0.0718. The molecule has 1 fully saturated rings. The summed E-state index contributed by atoms with van der Waals surface area (Å²) in [5.74, 6) is 0.366. The summed E-state index contributed by atoms with van der Waals surface area (Å²) >= 11 is 0. The van der Waals surface area contributed by atoms with Gasteiger partial charge in [0.15, 0.2) is 0 Å². The Hall–Kier alpha value is -0.410. The van der Waals surface area contributed by atoms with Gasteiger partial charge < -0.3 is 5.73 Å². The Morgan fingerprint density at radius 3 is 2.00 bits per heavy atom. The molecule has 1 aliphatic rings. The summed E-state index contributed by atoms with van der Waals surface area (Å²) < 4.78 is 0. The lowest BCUT2D eigenvalue weighted by Gasteiger charge is -2.54. The van der Waals surface area contributed by atoms with E-state index in [0.29, 0.717) is 31.2 Å². The molecule has 88 valence electrons. The lowest BCUT2D eigenvalue weighted by Crippen LogP contribution is -2.65. The second kappa shape index (κ2) is 3.87. The van der Waals surface area contributed by atoms with Gasteiger partial charge in [-0.3, -0.25) is 9.69 Å². The molecule has 0 spiro atoms. The number of nitrogens with zero attached hydrogens (tertiary/aromatic N) is 1. The standard InChI is InChI=1S/C12H24N2O/c1-9(8-13)14-11(2,3)6-10(15)7-12(14,4)5/h9H,6-8,13H2,1-5H3. The summed E-state index contributed by atoms with van der Waals surface area (Å²) in [6.45, 7) is 11.3. The van der Waals surface area contributed by atoms with E-state index in [1.807, 2.05) is 0 Å². The van der Waals surface area contributed by atoms with Gasteiger partial charge in [-0.25, -0.2) is 0 Å². The van der Waals surface area contributed by atoms with Gasteiger partial charge in [-0.05, 0) is 34.6 Å². The maximum atomic E-state index is 11.7. The summed E-state index contributed by atoms with van der Waals surface area (Å²) in [7, 11) is 0. The Bertz CT molecular complexity index is 238. The lowest BCUT2D eigenvalue weighted by atomic mass is 9.78. The Balaban J connectivity index is 3.02. The molecule has 1 unspecified atom stereocenters. The van der Waals surface area contributed by atoms with Crippen LogP contribution in [0.3, 0.4) is 0 Å². The third-order valence-electron chi connectivity index (χ3n) is 3.35. The molecule has 0 aromatic heterocycles. The Labute approximate surface area is 93.0 Å². The van der Waals surface area contributed by atoms with Crippen LogP contribution in [0.4, 0.5) is 0 Å². The van der Waals surface area contributed by atoms with Crippen LogP contribution in [-0.2, 0) is 4.79 Å². The third-order valence-corrected chi connectivity index (χ3v) is 3.35. The van der Waals surface area contributed by atoms with Crippen molar-refractivity contribution in [2.75, 3.05) is 6.54 Å². The van der Waals surface area contributed by atoms with E-state index in [9.17, 15) is 4.79 Å². The number of carbonyl (C=O) groups excluding carboxylic acids is 1. The number of nitrogens with two attached hydrogens (primary N) is 1. The van der Waals surface area contributed by atoms with Gasteiger partial charge >= 0.3 is 0 Å². The third kappa shape index (κ3) is 2.40. The van der Waals surface area contributed by atoms with E-state index in [-0.39, 0.29) is 11.1 Å². The van der Waals surface area contributed by atoms with E-state index in [1.54, 1.807) is 0 Å². The lowest BCUT2D eigenvalue weighted by molar-refractivity contribution is -0.136. The first-order chi connectivity index (χ1) is 6.70. The zero-order valence-corrected chi connectivity index (χ0v) is 10.6. The van der Waals surface area contributed by atoms with E-state index < -0.39 is 0 Å². The van der Waals surface area contributed by atoms with Gasteiger partial charge in [0.1, 0.15) is 5.78 Å². The van der Waals surface area contributed by atoms with E-state index in [0.717, 1.165) is 0 Å². The molecule has 0 bridgehead atoms. The first-order valence-corrected chi connectivity index (χ1v) is 5.72. The van der Waals surface area contributed by atoms with Crippen LogP contribution in [0.5, 0.6) is 0 Å². The van der Waals surface area contributed by atoms with Crippen LogP contribution in [0.2, 0.25) is 0 Å². The molecule has 1 rings (SSSR count). The van der Waals surface area contributed by atoms with Crippen LogP contribution < -0.4 is 5.73 Å². The number of carbonyl (C=O) groups is 1. The highest BCUT2D eigenvalue weighted by Gasteiger charge is 2.46. The van der Waals surface area contributed by atoms with Crippen molar-refractivity contribution in [1.29, 1.82) is 0 Å². The van der Waals surface area contributed by atoms with Crippen molar-refractivity contribution in [3.8, 4) is 0 Å². The zero-order valence-electron chi connectivity index (χ0n) is 10.6. The van der Waals surface area contributed by atoms with E-state index >= 15 is 0 Å². The van der Waals surface area contributed by atoms with Gasteiger partial charge in [0.2, 0.25) is 0 Å². The fraction of sp³-hybridized carbons (Fsp3) is 0.917. The smallest absolute Gasteiger partial charge is 0.136 e. The van der Waals surface area contributed by atoms with Crippen molar-refractivity contribution >= 4 is 5.78 Å². The average Bonchev–Trinajstić information content (AvgIpc) is 1.97. The van der Waals surface area contributed by atoms with Crippen LogP contribution in [0.15, 0.2) is 0 Å². The number of Topliss-reactive ketones (excluding diaryl/α,β-unsaturated/α-hetero) is 1. The Morgan fingerprint density at radius 2 is 1.67 bits per heavy atom. The molecular formula is C12H24N2O. The number of likely N-dealkylation sites (tertiary alicyclic amines) is 1. The molecule has 15 heavy (non-hydrogen) atoms. The maximum Gasteiger partial charge on any atom is 0.136 e. The molecule has 3 nitrogen and oxygen atoms in total. The van der Waals surface area contributed by atoms with E-state index in [2.05, 4.69) is 39.5 Å². The van der Waals surface area contributed by atoms with Crippen LogP contribution in [0.1, 0.15) is 47.5 Å².